The second-order valence-corrected chi connectivity index (χ2v) is 10.0. The molecule has 0 unspecified atom stereocenters. The molecule has 26 heavy (non-hydrogen) atoms. The molecule has 0 amide bonds. The number of hydrogen-bond acceptors (Lipinski definition) is 2. The molecule has 0 saturated heterocycles. The largest absolute Gasteiger partial charge is 0.289 e. The molecule has 2 aliphatic heterocycles. The summed E-state index contributed by atoms with van der Waals surface area (Å²) in [4.78, 5) is 28.7. The fourth-order valence-electron chi connectivity index (χ4n) is 3.63. The highest BCUT2D eigenvalue weighted by Crippen LogP contribution is 2.49. The zero-order chi connectivity index (χ0) is 17.7. The van der Waals surface area contributed by atoms with Crippen LogP contribution in [-0.4, -0.2) is 11.6 Å². The molecule has 0 aromatic heterocycles. The number of ketones is 2. The third-order valence-electron chi connectivity index (χ3n) is 4.79. The first kappa shape index (κ1) is 15.7. The van der Waals surface area contributed by atoms with Crippen LogP contribution in [-0.2, 0) is 0 Å². The van der Waals surface area contributed by atoms with E-state index in [1.54, 1.807) is 12.1 Å². The van der Waals surface area contributed by atoms with Gasteiger partial charge >= 0.3 is 0 Å². The fraction of sp³-hybridized carbons (Fsp3) is 0. The molecule has 0 bridgehead atoms. The summed E-state index contributed by atoms with van der Waals surface area (Å²) in [7, 11) is -1.32. The van der Waals surface area contributed by atoms with Crippen molar-refractivity contribution in [3.05, 3.63) is 105 Å². The van der Waals surface area contributed by atoms with E-state index in [1.807, 2.05) is 48.6 Å². The van der Waals surface area contributed by atoms with Crippen LogP contribution in [0.4, 0.5) is 0 Å². The van der Waals surface area contributed by atoms with Gasteiger partial charge in [-0.1, -0.05) is 48.6 Å². The summed E-state index contributed by atoms with van der Waals surface area (Å²) in [5, 5.41) is 8.47. The SMILES string of the molecule is O=C1c2cccc([SH]3C=CC=C3)c2C(=O)c2cccc([SH]3C=CC=C3)c21. The van der Waals surface area contributed by atoms with Crippen molar-refractivity contribution in [2.24, 2.45) is 0 Å². The molecular formula is C22H16O2S2. The van der Waals surface area contributed by atoms with Crippen molar-refractivity contribution in [2.45, 2.75) is 9.79 Å². The maximum atomic E-state index is 13.4. The van der Waals surface area contributed by atoms with Gasteiger partial charge in [0.1, 0.15) is 0 Å². The molecule has 5 rings (SSSR count). The van der Waals surface area contributed by atoms with Gasteiger partial charge in [-0.2, -0.15) is 21.8 Å². The highest BCUT2D eigenvalue weighted by atomic mass is 32.2. The Bertz CT molecular complexity index is 978. The normalized spacial score (nSPS) is 19.4. The molecule has 0 saturated carbocycles. The van der Waals surface area contributed by atoms with E-state index in [9.17, 15) is 9.59 Å². The summed E-state index contributed by atoms with van der Waals surface area (Å²) in [5.41, 5.74) is 2.28. The predicted octanol–water partition coefficient (Wildman–Crippen LogP) is 5.26. The quantitative estimate of drug-likeness (QED) is 0.598. The first-order chi connectivity index (χ1) is 12.8. The second kappa shape index (κ2) is 6.01. The van der Waals surface area contributed by atoms with Crippen molar-refractivity contribution in [3.8, 4) is 0 Å². The smallest absolute Gasteiger partial charge is 0.195 e. The monoisotopic (exact) mass is 376 g/mol. The van der Waals surface area contributed by atoms with Crippen molar-refractivity contribution < 1.29 is 9.59 Å². The van der Waals surface area contributed by atoms with Crippen LogP contribution in [0.25, 0.3) is 0 Å². The first-order valence-corrected chi connectivity index (χ1v) is 11.3. The maximum absolute atomic E-state index is 13.4. The topological polar surface area (TPSA) is 34.1 Å². The molecular weight excluding hydrogens is 360 g/mol. The zero-order valence-corrected chi connectivity index (χ0v) is 15.6. The summed E-state index contributed by atoms with van der Waals surface area (Å²) in [6.07, 6.45) is 8.03. The molecule has 0 fully saturated rings. The minimum Gasteiger partial charge on any atom is -0.289 e. The minimum atomic E-state index is -0.659. The summed E-state index contributed by atoms with van der Waals surface area (Å²) < 4.78 is 0. The molecule has 1 aliphatic carbocycles. The Labute approximate surface area is 157 Å². The Hall–Kier alpha value is -2.56. The van der Waals surface area contributed by atoms with Crippen LogP contribution >= 0.6 is 21.8 Å². The van der Waals surface area contributed by atoms with Gasteiger partial charge in [-0.25, -0.2) is 0 Å². The Kier molecular flexibility index (Phi) is 3.62. The number of fused-ring (bicyclic) bond motifs is 2. The van der Waals surface area contributed by atoms with E-state index in [4.69, 9.17) is 0 Å². The lowest BCUT2D eigenvalue weighted by atomic mass is 9.84. The number of rotatable bonds is 2. The molecule has 0 radical (unpaired) electrons. The molecule has 2 aromatic carbocycles. The predicted molar refractivity (Wildman–Crippen MR) is 111 cm³/mol. The first-order valence-electron chi connectivity index (χ1n) is 8.38. The van der Waals surface area contributed by atoms with Crippen molar-refractivity contribution >= 4 is 33.4 Å². The second-order valence-electron chi connectivity index (χ2n) is 6.24. The molecule has 4 heteroatoms. The standard InChI is InChI=1S/C22H16O2S2/c23-21-16-8-6-10-18(26-13-3-4-14-26)20(16)22(24)15-7-5-9-17(19(15)21)25-11-1-2-12-25/h1-14,25-26H. The highest BCUT2D eigenvalue weighted by Gasteiger charge is 2.34. The fourth-order valence-corrected chi connectivity index (χ4v) is 7.08. The number of carbonyl (C=O) groups excluding carboxylic acids is 2. The Morgan fingerprint density at radius 2 is 0.923 bits per heavy atom. The molecule has 0 N–H and O–H groups in total. The molecule has 3 aliphatic rings. The van der Waals surface area contributed by atoms with Crippen molar-refractivity contribution in [1.82, 2.24) is 0 Å². The van der Waals surface area contributed by atoms with Crippen LogP contribution in [0.1, 0.15) is 31.8 Å². The van der Waals surface area contributed by atoms with Crippen LogP contribution in [0, 0.1) is 0 Å². The van der Waals surface area contributed by atoms with Crippen molar-refractivity contribution in [3.63, 3.8) is 0 Å². The molecule has 2 nitrogen and oxygen atoms in total. The lowest BCUT2D eigenvalue weighted by Gasteiger charge is -2.26. The lowest BCUT2D eigenvalue weighted by Crippen LogP contribution is -2.23. The van der Waals surface area contributed by atoms with E-state index in [1.165, 1.54) is 0 Å². The van der Waals surface area contributed by atoms with Gasteiger partial charge in [0.15, 0.2) is 11.6 Å². The van der Waals surface area contributed by atoms with Gasteiger partial charge < -0.3 is 0 Å². The number of allylic oxidation sites excluding steroid dienone is 4. The number of hydrogen-bond donors (Lipinski definition) is 2. The third kappa shape index (κ3) is 2.23. The van der Waals surface area contributed by atoms with Gasteiger partial charge in [0.25, 0.3) is 0 Å². The maximum Gasteiger partial charge on any atom is 0.195 e. The Morgan fingerprint density at radius 3 is 1.31 bits per heavy atom. The highest BCUT2D eigenvalue weighted by molar-refractivity contribution is 8.22. The average Bonchev–Trinajstić information content (AvgIpc) is 3.39. The molecule has 128 valence electrons. The summed E-state index contributed by atoms with van der Waals surface area (Å²) >= 11 is 0. The number of benzene rings is 2. The minimum absolute atomic E-state index is 0.0228. The van der Waals surface area contributed by atoms with Crippen LogP contribution in [0.15, 0.2) is 92.1 Å². The molecule has 2 heterocycles. The van der Waals surface area contributed by atoms with Crippen LogP contribution in [0.5, 0.6) is 0 Å². The number of carbonyl (C=O) groups is 2. The third-order valence-corrected chi connectivity index (χ3v) is 8.62. The summed E-state index contributed by atoms with van der Waals surface area (Å²) in [5.74, 6) is -0.0455. The average molecular weight is 377 g/mol. The van der Waals surface area contributed by atoms with E-state index in [2.05, 4.69) is 21.6 Å². The van der Waals surface area contributed by atoms with Crippen molar-refractivity contribution in [1.29, 1.82) is 0 Å². The van der Waals surface area contributed by atoms with Crippen molar-refractivity contribution in [2.75, 3.05) is 0 Å². The summed E-state index contributed by atoms with van der Waals surface area (Å²) in [6, 6.07) is 11.4. The van der Waals surface area contributed by atoms with Gasteiger partial charge in [-0.15, -0.1) is 0 Å². The van der Waals surface area contributed by atoms with Gasteiger partial charge in [0.05, 0.1) is 0 Å². The van der Waals surface area contributed by atoms with Gasteiger partial charge in [0, 0.05) is 32.0 Å². The van der Waals surface area contributed by atoms with E-state index < -0.39 is 21.8 Å². The van der Waals surface area contributed by atoms with E-state index >= 15 is 0 Å². The van der Waals surface area contributed by atoms with E-state index in [0.717, 1.165) is 9.79 Å². The van der Waals surface area contributed by atoms with E-state index in [-0.39, 0.29) is 11.6 Å². The lowest BCUT2D eigenvalue weighted by molar-refractivity contribution is 0.0974. The van der Waals surface area contributed by atoms with Gasteiger partial charge in [-0.3, -0.25) is 9.59 Å². The molecule has 0 spiro atoms. The van der Waals surface area contributed by atoms with E-state index in [0.29, 0.717) is 22.3 Å². The summed E-state index contributed by atoms with van der Waals surface area (Å²) in [6.45, 7) is 0. The van der Waals surface area contributed by atoms with Crippen LogP contribution in [0.2, 0.25) is 0 Å². The van der Waals surface area contributed by atoms with Gasteiger partial charge in [0.2, 0.25) is 0 Å². The van der Waals surface area contributed by atoms with Gasteiger partial charge in [-0.05, 0) is 33.8 Å². The Morgan fingerprint density at radius 1 is 0.538 bits per heavy atom. The molecule has 2 aromatic rings. The Balaban J connectivity index is 1.73. The zero-order valence-electron chi connectivity index (χ0n) is 13.8. The molecule has 0 atom stereocenters. The van der Waals surface area contributed by atoms with Crippen LogP contribution < -0.4 is 0 Å². The number of thiol groups is 2. The van der Waals surface area contributed by atoms with Crippen LogP contribution in [0.3, 0.4) is 0 Å².